The van der Waals surface area contributed by atoms with Gasteiger partial charge in [-0.05, 0) is 37.6 Å². The summed E-state index contributed by atoms with van der Waals surface area (Å²) in [6.07, 6.45) is 2.20. The van der Waals surface area contributed by atoms with E-state index in [1.165, 1.54) is 12.1 Å². The van der Waals surface area contributed by atoms with Gasteiger partial charge in [-0.25, -0.2) is 4.39 Å². The van der Waals surface area contributed by atoms with Crippen molar-refractivity contribution in [3.8, 4) is 0 Å². The van der Waals surface area contributed by atoms with Crippen molar-refractivity contribution in [1.82, 2.24) is 10.6 Å². The van der Waals surface area contributed by atoms with Crippen LogP contribution in [0.5, 0.6) is 0 Å². The minimum Gasteiger partial charge on any atom is -0.350 e. The van der Waals surface area contributed by atoms with E-state index in [-0.39, 0.29) is 10.9 Å². The quantitative estimate of drug-likeness (QED) is 0.868. The maximum Gasteiger partial charge on any atom is 0.251 e. The lowest BCUT2D eigenvalue weighted by molar-refractivity contribution is 0.0950. The Balaban J connectivity index is 1.92. The largest absolute Gasteiger partial charge is 0.350 e. The van der Waals surface area contributed by atoms with E-state index in [9.17, 15) is 9.18 Å². The van der Waals surface area contributed by atoms with Gasteiger partial charge in [0.15, 0.2) is 0 Å². The van der Waals surface area contributed by atoms with Crippen LogP contribution in [0.3, 0.4) is 0 Å². The van der Waals surface area contributed by atoms with Crippen LogP contribution in [0.25, 0.3) is 0 Å². The standard InChI is InChI=1S/C12H14ClFN2O/c13-10-4-3-8(6-11(10)14)12(17)16-7-9-2-1-5-15-9/h3-4,6,9,15H,1-2,5,7H2,(H,16,17). The molecular formula is C12H14ClFN2O. The van der Waals surface area contributed by atoms with E-state index in [1.807, 2.05) is 0 Å². The van der Waals surface area contributed by atoms with Crippen LogP contribution in [0.15, 0.2) is 18.2 Å². The van der Waals surface area contributed by atoms with Crippen molar-refractivity contribution in [2.75, 3.05) is 13.1 Å². The first-order valence-corrected chi connectivity index (χ1v) is 6.01. The van der Waals surface area contributed by atoms with E-state index in [0.717, 1.165) is 25.5 Å². The number of rotatable bonds is 3. The number of benzene rings is 1. The molecule has 1 aromatic rings. The van der Waals surface area contributed by atoms with Gasteiger partial charge in [0.05, 0.1) is 5.02 Å². The summed E-state index contributed by atoms with van der Waals surface area (Å²) >= 11 is 5.55. The molecule has 1 aliphatic heterocycles. The lowest BCUT2D eigenvalue weighted by Gasteiger charge is -2.11. The summed E-state index contributed by atoms with van der Waals surface area (Å²) in [5.74, 6) is -0.840. The monoisotopic (exact) mass is 256 g/mol. The molecule has 1 unspecified atom stereocenters. The van der Waals surface area contributed by atoms with Crippen LogP contribution in [0.4, 0.5) is 4.39 Å². The Morgan fingerprint density at radius 3 is 3.06 bits per heavy atom. The average molecular weight is 257 g/mol. The van der Waals surface area contributed by atoms with Crippen LogP contribution in [0.1, 0.15) is 23.2 Å². The molecule has 0 aromatic heterocycles. The van der Waals surface area contributed by atoms with Crippen LogP contribution in [-0.2, 0) is 0 Å². The van der Waals surface area contributed by atoms with Crippen molar-refractivity contribution >= 4 is 17.5 Å². The highest BCUT2D eigenvalue weighted by molar-refractivity contribution is 6.30. The molecule has 1 aromatic carbocycles. The first-order valence-electron chi connectivity index (χ1n) is 5.63. The molecule has 1 atom stereocenters. The predicted molar refractivity (Wildman–Crippen MR) is 64.8 cm³/mol. The van der Waals surface area contributed by atoms with Gasteiger partial charge in [-0.3, -0.25) is 4.79 Å². The lowest BCUT2D eigenvalue weighted by atomic mass is 10.2. The summed E-state index contributed by atoms with van der Waals surface area (Å²) in [5.41, 5.74) is 0.296. The highest BCUT2D eigenvalue weighted by atomic mass is 35.5. The molecule has 0 spiro atoms. The lowest BCUT2D eigenvalue weighted by Crippen LogP contribution is -2.37. The smallest absolute Gasteiger partial charge is 0.251 e. The number of amides is 1. The Kier molecular flexibility index (Phi) is 3.97. The minimum atomic E-state index is -0.571. The SMILES string of the molecule is O=C(NCC1CCCN1)c1ccc(Cl)c(F)c1. The maximum atomic E-state index is 13.2. The molecule has 17 heavy (non-hydrogen) atoms. The third-order valence-corrected chi connectivity index (χ3v) is 3.16. The van der Waals surface area contributed by atoms with Crippen molar-refractivity contribution in [3.63, 3.8) is 0 Å². The molecule has 2 rings (SSSR count). The molecule has 1 aliphatic rings. The molecule has 92 valence electrons. The Hall–Kier alpha value is -1.13. The number of carbonyl (C=O) groups is 1. The Morgan fingerprint density at radius 1 is 1.59 bits per heavy atom. The molecule has 0 aliphatic carbocycles. The Labute approximate surface area is 104 Å². The number of carbonyl (C=O) groups excluding carboxylic acids is 1. The molecule has 0 radical (unpaired) electrons. The van der Waals surface area contributed by atoms with E-state index in [1.54, 1.807) is 0 Å². The maximum absolute atomic E-state index is 13.2. The topological polar surface area (TPSA) is 41.1 Å². The summed E-state index contributed by atoms with van der Waals surface area (Å²) < 4.78 is 13.2. The van der Waals surface area contributed by atoms with Crippen LogP contribution in [-0.4, -0.2) is 25.0 Å². The van der Waals surface area contributed by atoms with Crippen molar-refractivity contribution < 1.29 is 9.18 Å². The summed E-state index contributed by atoms with van der Waals surface area (Å²) in [6.45, 7) is 1.57. The van der Waals surface area contributed by atoms with Crippen LogP contribution in [0.2, 0.25) is 5.02 Å². The second kappa shape index (κ2) is 5.47. The van der Waals surface area contributed by atoms with E-state index in [2.05, 4.69) is 10.6 Å². The fraction of sp³-hybridized carbons (Fsp3) is 0.417. The molecule has 2 N–H and O–H groups in total. The van der Waals surface area contributed by atoms with E-state index < -0.39 is 5.82 Å². The predicted octanol–water partition coefficient (Wildman–Crippen LogP) is 1.96. The van der Waals surface area contributed by atoms with Crippen LogP contribution >= 0.6 is 11.6 Å². The number of nitrogens with one attached hydrogen (secondary N) is 2. The number of hydrogen-bond donors (Lipinski definition) is 2. The van der Waals surface area contributed by atoms with E-state index >= 15 is 0 Å². The highest BCUT2D eigenvalue weighted by Crippen LogP contribution is 2.15. The molecule has 0 saturated carbocycles. The van der Waals surface area contributed by atoms with Gasteiger partial charge in [0, 0.05) is 18.2 Å². The first-order chi connectivity index (χ1) is 8.16. The molecule has 0 bridgehead atoms. The molecule has 1 amide bonds. The summed E-state index contributed by atoms with van der Waals surface area (Å²) in [5, 5.41) is 6.08. The van der Waals surface area contributed by atoms with Crippen LogP contribution in [0, 0.1) is 5.82 Å². The first kappa shape index (κ1) is 12.3. The average Bonchev–Trinajstić information content (AvgIpc) is 2.82. The summed E-state index contributed by atoms with van der Waals surface area (Å²) in [7, 11) is 0. The molecule has 5 heteroatoms. The third-order valence-electron chi connectivity index (χ3n) is 2.85. The van der Waals surface area contributed by atoms with Gasteiger partial charge in [0.2, 0.25) is 0 Å². The minimum absolute atomic E-state index is 0.0269. The van der Waals surface area contributed by atoms with Gasteiger partial charge in [0.1, 0.15) is 5.82 Å². The number of hydrogen-bond acceptors (Lipinski definition) is 2. The highest BCUT2D eigenvalue weighted by Gasteiger charge is 2.15. The van der Waals surface area contributed by atoms with Gasteiger partial charge in [0.25, 0.3) is 5.91 Å². The Morgan fingerprint density at radius 2 is 2.41 bits per heavy atom. The van der Waals surface area contributed by atoms with E-state index in [4.69, 9.17) is 11.6 Å². The zero-order chi connectivity index (χ0) is 12.3. The fourth-order valence-electron chi connectivity index (χ4n) is 1.89. The zero-order valence-electron chi connectivity index (χ0n) is 9.30. The molecule has 1 saturated heterocycles. The summed E-state index contributed by atoms with van der Waals surface area (Å²) in [6, 6.07) is 4.39. The summed E-state index contributed by atoms with van der Waals surface area (Å²) in [4.78, 5) is 11.7. The van der Waals surface area contributed by atoms with Crippen molar-refractivity contribution in [3.05, 3.63) is 34.6 Å². The number of halogens is 2. The van der Waals surface area contributed by atoms with Crippen molar-refractivity contribution in [2.45, 2.75) is 18.9 Å². The molecule has 3 nitrogen and oxygen atoms in total. The van der Waals surface area contributed by atoms with Gasteiger partial charge in [-0.15, -0.1) is 0 Å². The molecular weight excluding hydrogens is 243 g/mol. The van der Waals surface area contributed by atoms with Crippen LogP contribution < -0.4 is 10.6 Å². The van der Waals surface area contributed by atoms with Gasteiger partial charge in [-0.1, -0.05) is 11.6 Å². The normalized spacial score (nSPS) is 19.3. The Bertz CT molecular complexity index is 419. The second-order valence-corrected chi connectivity index (χ2v) is 4.54. The van der Waals surface area contributed by atoms with Crippen molar-refractivity contribution in [2.24, 2.45) is 0 Å². The van der Waals surface area contributed by atoms with Gasteiger partial charge in [-0.2, -0.15) is 0 Å². The second-order valence-electron chi connectivity index (χ2n) is 4.13. The molecule has 1 fully saturated rings. The fourth-order valence-corrected chi connectivity index (χ4v) is 2.00. The zero-order valence-corrected chi connectivity index (χ0v) is 10.1. The molecule has 1 heterocycles. The van der Waals surface area contributed by atoms with Crippen molar-refractivity contribution in [1.29, 1.82) is 0 Å². The van der Waals surface area contributed by atoms with Gasteiger partial charge < -0.3 is 10.6 Å². The van der Waals surface area contributed by atoms with Gasteiger partial charge >= 0.3 is 0 Å². The van der Waals surface area contributed by atoms with E-state index in [0.29, 0.717) is 18.2 Å². The third kappa shape index (κ3) is 3.17.